The fraction of sp³-hybridized carbons (Fsp3) is 0.0816. The summed E-state index contributed by atoms with van der Waals surface area (Å²) in [5.41, 5.74) is 19.1. The first-order valence-corrected chi connectivity index (χ1v) is 18.0. The molecule has 0 saturated carbocycles. The SMILES string of the molecule is C=Cc1c(C(C2=CCC(c3ccc(-c4nc5ccccc5n4-c4ccccc4)cc3)C=C2)c2cccc(/C=C\C=C/C)c2N)ccc2ccccc12. The second-order valence-corrected chi connectivity index (χ2v) is 13.3. The standard InChI is InChI=1S/C49H41N3/c1-3-5-7-16-38-17-14-21-44(48(38)50)47(43-33-32-36-15-10-11-20-42(36)41(43)4-2)37-28-24-34(25-29-37)35-26-30-39(31-27-35)49-51-45-22-12-13-23-46(45)52(49)40-18-8-6-9-19-40/h3-24,26-34,47H,2,25,50H2,1H3/b5-3-,16-7-. The highest BCUT2D eigenvalue weighted by Gasteiger charge is 2.26. The van der Waals surface area contributed by atoms with Crippen LogP contribution in [0.25, 0.3) is 51.0 Å². The normalized spacial score (nSPS) is 15.1. The molecule has 0 spiro atoms. The Morgan fingerprint density at radius 1 is 0.788 bits per heavy atom. The van der Waals surface area contributed by atoms with Gasteiger partial charge in [-0.05, 0) is 81.8 Å². The Morgan fingerprint density at radius 2 is 1.58 bits per heavy atom. The van der Waals surface area contributed by atoms with Crippen molar-refractivity contribution in [2.24, 2.45) is 0 Å². The number of aromatic nitrogens is 2. The highest BCUT2D eigenvalue weighted by Crippen LogP contribution is 2.43. The lowest BCUT2D eigenvalue weighted by atomic mass is 9.77. The summed E-state index contributed by atoms with van der Waals surface area (Å²) in [5, 5.41) is 2.40. The molecule has 0 saturated heterocycles. The number of fused-ring (bicyclic) bond motifs is 2. The van der Waals surface area contributed by atoms with E-state index in [1.54, 1.807) is 0 Å². The lowest BCUT2D eigenvalue weighted by molar-refractivity contribution is 0.823. The average Bonchev–Trinajstić information content (AvgIpc) is 3.59. The van der Waals surface area contributed by atoms with Gasteiger partial charge in [0.25, 0.3) is 0 Å². The molecule has 6 aromatic carbocycles. The summed E-state index contributed by atoms with van der Waals surface area (Å²) >= 11 is 0. The third-order valence-electron chi connectivity index (χ3n) is 10.2. The van der Waals surface area contributed by atoms with Gasteiger partial charge in [-0.1, -0.05) is 164 Å². The molecule has 1 aliphatic rings. The molecule has 1 aliphatic carbocycles. The highest BCUT2D eigenvalue weighted by atomic mass is 15.1. The lowest BCUT2D eigenvalue weighted by Gasteiger charge is -2.27. The Labute approximate surface area is 306 Å². The molecule has 0 fully saturated rings. The van der Waals surface area contributed by atoms with Gasteiger partial charge in [0.1, 0.15) is 5.82 Å². The predicted octanol–water partition coefficient (Wildman–Crippen LogP) is 12.5. The highest BCUT2D eigenvalue weighted by molar-refractivity contribution is 5.92. The van der Waals surface area contributed by atoms with E-state index in [1.165, 1.54) is 27.5 Å². The van der Waals surface area contributed by atoms with Gasteiger partial charge in [0.2, 0.25) is 0 Å². The molecule has 2 atom stereocenters. The first-order valence-electron chi connectivity index (χ1n) is 18.0. The summed E-state index contributed by atoms with van der Waals surface area (Å²) < 4.78 is 2.25. The number of imidazole rings is 1. The van der Waals surface area contributed by atoms with Crippen LogP contribution in [0.4, 0.5) is 5.69 Å². The molecule has 0 amide bonds. The third-order valence-corrected chi connectivity index (χ3v) is 10.2. The zero-order valence-corrected chi connectivity index (χ0v) is 29.4. The van der Waals surface area contributed by atoms with Crippen molar-refractivity contribution in [2.75, 3.05) is 5.73 Å². The monoisotopic (exact) mass is 671 g/mol. The Bertz CT molecular complexity index is 2530. The maximum atomic E-state index is 7.01. The van der Waals surface area contributed by atoms with Crippen LogP contribution in [-0.2, 0) is 0 Å². The molecular weight excluding hydrogens is 631 g/mol. The second-order valence-electron chi connectivity index (χ2n) is 13.3. The van der Waals surface area contributed by atoms with E-state index in [4.69, 9.17) is 10.7 Å². The molecule has 1 heterocycles. The fourth-order valence-corrected chi connectivity index (χ4v) is 7.62. The number of benzene rings is 6. The Morgan fingerprint density at radius 3 is 2.37 bits per heavy atom. The van der Waals surface area contributed by atoms with E-state index in [9.17, 15) is 0 Å². The topological polar surface area (TPSA) is 43.8 Å². The van der Waals surface area contributed by atoms with Crippen LogP contribution < -0.4 is 5.73 Å². The van der Waals surface area contributed by atoms with Gasteiger partial charge in [-0.15, -0.1) is 0 Å². The Balaban J connectivity index is 1.15. The third kappa shape index (κ3) is 6.12. The number of nitrogens with zero attached hydrogens (tertiary/aromatic N) is 2. The summed E-state index contributed by atoms with van der Waals surface area (Å²) in [6.07, 6.45) is 18.1. The molecule has 3 heteroatoms. The summed E-state index contributed by atoms with van der Waals surface area (Å²) in [6.45, 7) is 6.29. The number of rotatable bonds is 9. The number of hydrogen-bond acceptors (Lipinski definition) is 2. The largest absolute Gasteiger partial charge is 0.398 e. The Hall–Kier alpha value is -6.45. The quantitative estimate of drug-likeness (QED) is 0.123. The number of nitrogen functional groups attached to an aromatic ring is 1. The molecule has 7 aromatic rings. The van der Waals surface area contributed by atoms with E-state index in [0.29, 0.717) is 0 Å². The zero-order valence-electron chi connectivity index (χ0n) is 29.4. The minimum Gasteiger partial charge on any atom is -0.398 e. The van der Waals surface area contributed by atoms with E-state index in [2.05, 4.69) is 157 Å². The van der Waals surface area contributed by atoms with Crippen LogP contribution in [0.5, 0.6) is 0 Å². The summed E-state index contributed by atoms with van der Waals surface area (Å²) in [6, 6.07) is 47.1. The molecule has 3 nitrogen and oxygen atoms in total. The molecule has 8 rings (SSSR count). The van der Waals surface area contributed by atoms with E-state index in [1.807, 2.05) is 43.4 Å². The first-order chi connectivity index (χ1) is 25.6. The molecule has 2 unspecified atom stereocenters. The van der Waals surface area contributed by atoms with Gasteiger partial charge in [-0.2, -0.15) is 0 Å². The first kappa shape index (κ1) is 32.7. The summed E-state index contributed by atoms with van der Waals surface area (Å²) in [4.78, 5) is 5.07. The van der Waals surface area contributed by atoms with Gasteiger partial charge >= 0.3 is 0 Å². The molecule has 252 valence electrons. The van der Waals surface area contributed by atoms with Crippen molar-refractivity contribution in [3.8, 4) is 17.1 Å². The molecule has 2 N–H and O–H groups in total. The van der Waals surface area contributed by atoms with Gasteiger partial charge in [0.05, 0.1) is 11.0 Å². The van der Waals surface area contributed by atoms with Crippen molar-refractivity contribution >= 4 is 39.6 Å². The van der Waals surface area contributed by atoms with Crippen LogP contribution in [-0.4, -0.2) is 9.55 Å². The van der Waals surface area contributed by atoms with Crippen molar-refractivity contribution in [1.82, 2.24) is 9.55 Å². The lowest BCUT2D eigenvalue weighted by Crippen LogP contribution is -2.12. The van der Waals surface area contributed by atoms with Crippen LogP contribution in [0.15, 0.2) is 182 Å². The van der Waals surface area contributed by atoms with Gasteiger partial charge in [-0.25, -0.2) is 4.98 Å². The van der Waals surface area contributed by atoms with Crippen LogP contribution in [0.3, 0.4) is 0 Å². The zero-order chi connectivity index (χ0) is 35.4. The van der Waals surface area contributed by atoms with Crippen molar-refractivity contribution in [3.05, 3.63) is 210 Å². The minimum atomic E-state index is -0.0572. The number of para-hydroxylation sites is 4. The van der Waals surface area contributed by atoms with Crippen molar-refractivity contribution in [1.29, 1.82) is 0 Å². The van der Waals surface area contributed by atoms with Crippen LogP contribution >= 0.6 is 0 Å². The average molecular weight is 672 g/mol. The number of nitrogens with two attached hydrogens (primary N) is 1. The Kier molecular flexibility index (Phi) is 9.08. The van der Waals surface area contributed by atoms with E-state index in [-0.39, 0.29) is 11.8 Å². The number of anilines is 1. The van der Waals surface area contributed by atoms with Gasteiger partial charge in [-0.3, -0.25) is 4.57 Å². The number of allylic oxidation sites excluding steroid dienone is 7. The van der Waals surface area contributed by atoms with Crippen LogP contribution in [0, 0.1) is 0 Å². The molecule has 0 bridgehead atoms. The predicted molar refractivity (Wildman–Crippen MR) is 222 cm³/mol. The fourth-order valence-electron chi connectivity index (χ4n) is 7.62. The van der Waals surface area contributed by atoms with Crippen molar-refractivity contribution in [3.63, 3.8) is 0 Å². The maximum absolute atomic E-state index is 7.01. The van der Waals surface area contributed by atoms with Crippen LogP contribution in [0.2, 0.25) is 0 Å². The van der Waals surface area contributed by atoms with Gasteiger partial charge < -0.3 is 5.73 Å². The molecule has 52 heavy (non-hydrogen) atoms. The van der Waals surface area contributed by atoms with E-state index >= 15 is 0 Å². The number of hydrogen-bond donors (Lipinski definition) is 1. The van der Waals surface area contributed by atoms with Gasteiger partial charge in [0.15, 0.2) is 0 Å². The minimum absolute atomic E-state index is 0.0572. The van der Waals surface area contributed by atoms with Crippen molar-refractivity contribution in [2.45, 2.75) is 25.2 Å². The maximum Gasteiger partial charge on any atom is 0.145 e. The molecule has 0 aliphatic heterocycles. The van der Waals surface area contributed by atoms with E-state index < -0.39 is 0 Å². The summed E-state index contributed by atoms with van der Waals surface area (Å²) in [7, 11) is 0. The smallest absolute Gasteiger partial charge is 0.145 e. The molecule has 1 aromatic heterocycles. The van der Waals surface area contributed by atoms with Crippen molar-refractivity contribution < 1.29 is 0 Å². The van der Waals surface area contributed by atoms with Crippen LogP contribution in [0.1, 0.15) is 53.0 Å². The second kappa shape index (κ2) is 14.4. The van der Waals surface area contributed by atoms with Gasteiger partial charge in [0, 0.05) is 28.8 Å². The molecule has 0 radical (unpaired) electrons. The van der Waals surface area contributed by atoms with E-state index in [0.717, 1.165) is 56.9 Å². The molecular formula is C49H41N3. The summed E-state index contributed by atoms with van der Waals surface area (Å²) in [5.74, 6) is 1.14.